The third-order valence-corrected chi connectivity index (χ3v) is 2.35. The van der Waals surface area contributed by atoms with Crippen LogP contribution in [-0.2, 0) is 11.2 Å². The minimum Gasteiger partial charge on any atom is -0.481 e. The van der Waals surface area contributed by atoms with E-state index in [0.29, 0.717) is 11.4 Å². The molecule has 1 aromatic carbocycles. The molecular formula is C13H11FN2O2. The van der Waals surface area contributed by atoms with Crippen LogP contribution >= 0.6 is 0 Å². The largest absolute Gasteiger partial charge is 0.481 e. The fourth-order valence-electron chi connectivity index (χ4n) is 1.61. The first-order valence-electron chi connectivity index (χ1n) is 5.37. The van der Waals surface area contributed by atoms with E-state index in [4.69, 9.17) is 5.11 Å². The Morgan fingerprint density at radius 1 is 1.28 bits per heavy atom. The number of nitrogens with zero attached hydrogens (tertiary/aromatic N) is 2. The molecule has 0 fully saturated rings. The molecule has 0 saturated carbocycles. The van der Waals surface area contributed by atoms with E-state index in [1.165, 1.54) is 12.1 Å². The summed E-state index contributed by atoms with van der Waals surface area (Å²) in [6, 6.07) is 7.61. The third kappa shape index (κ3) is 2.88. The molecule has 0 radical (unpaired) electrons. The molecule has 92 valence electrons. The van der Waals surface area contributed by atoms with Gasteiger partial charge in [0.15, 0.2) is 0 Å². The van der Waals surface area contributed by atoms with E-state index in [1.54, 1.807) is 25.1 Å². The van der Waals surface area contributed by atoms with Gasteiger partial charge in [0.2, 0.25) is 0 Å². The van der Waals surface area contributed by atoms with Crippen molar-refractivity contribution in [1.82, 2.24) is 9.97 Å². The van der Waals surface area contributed by atoms with Gasteiger partial charge in [0.1, 0.15) is 18.1 Å². The highest BCUT2D eigenvalue weighted by molar-refractivity contribution is 5.69. The van der Waals surface area contributed by atoms with E-state index in [-0.39, 0.29) is 18.1 Å². The second-order valence-corrected chi connectivity index (χ2v) is 3.89. The van der Waals surface area contributed by atoms with Crippen molar-refractivity contribution in [3.63, 3.8) is 0 Å². The van der Waals surface area contributed by atoms with Gasteiger partial charge in [-0.1, -0.05) is 0 Å². The zero-order valence-electron chi connectivity index (χ0n) is 9.72. The monoisotopic (exact) mass is 246 g/mol. The molecule has 1 heterocycles. The van der Waals surface area contributed by atoms with Crippen LogP contribution in [0.3, 0.4) is 0 Å². The van der Waals surface area contributed by atoms with Gasteiger partial charge in [-0.3, -0.25) is 4.79 Å². The molecule has 0 amide bonds. The molecule has 18 heavy (non-hydrogen) atoms. The molecule has 2 aromatic rings. The molecule has 0 unspecified atom stereocenters. The molecule has 0 aliphatic carbocycles. The topological polar surface area (TPSA) is 63.1 Å². The summed E-state index contributed by atoms with van der Waals surface area (Å²) in [5.41, 5.74) is 2.01. The number of hydrogen-bond donors (Lipinski definition) is 1. The smallest absolute Gasteiger partial charge is 0.311 e. The Bertz CT molecular complexity index is 582. The van der Waals surface area contributed by atoms with E-state index >= 15 is 0 Å². The van der Waals surface area contributed by atoms with E-state index in [1.807, 2.05) is 0 Å². The van der Waals surface area contributed by atoms with Crippen LogP contribution < -0.4 is 0 Å². The Morgan fingerprint density at radius 3 is 2.56 bits per heavy atom. The Hall–Kier alpha value is -2.30. The fourth-order valence-corrected chi connectivity index (χ4v) is 1.61. The first kappa shape index (κ1) is 12.2. The van der Waals surface area contributed by atoms with Crippen molar-refractivity contribution in [2.24, 2.45) is 0 Å². The van der Waals surface area contributed by atoms with Crippen LogP contribution in [0.25, 0.3) is 11.3 Å². The zero-order valence-corrected chi connectivity index (χ0v) is 9.72. The molecule has 0 spiro atoms. The normalized spacial score (nSPS) is 10.3. The minimum absolute atomic E-state index is 0.226. The molecule has 4 nitrogen and oxygen atoms in total. The number of carbonyl (C=O) groups is 1. The van der Waals surface area contributed by atoms with Crippen molar-refractivity contribution < 1.29 is 14.3 Å². The quantitative estimate of drug-likeness (QED) is 0.901. The molecule has 2 rings (SSSR count). The summed E-state index contributed by atoms with van der Waals surface area (Å²) in [5.74, 6) is -1.05. The summed E-state index contributed by atoms with van der Waals surface area (Å²) in [7, 11) is 0. The molecule has 0 aliphatic rings. The van der Waals surface area contributed by atoms with Crippen LogP contribution in [0.15, 0.2) is 30.3 Å². The number of carboxylic acids is 1. The first-order valence-corrected chi connectivity index (χ1v) is 5.37. The maximum absolute atomic E-state index is 12.8. The Morgan fingerprint density at radius 2 is 1.94 bits per heavy atom. The lowest BCUT2D eigenvalue weighted by Gasteiger charge is -2.04. The lowest BCUT2D eigenvalue weighted by molar-refractivity contribution is -0.136. The van der Waals surface area contributed by atoms with E-state index in [0.717, 1.165) is 5.56 Å². The van der Waals surface area contributed by atoms with Crippen molar-refractivity contribution in [2.75, 3.05) is 0 Å². The van der Waals surface area contributed by atoms with Crippen molar-refractivity contribution in [3.05, 3.63) is 47.7 Å². The summed E-state index contributed by atoms with van der Waals surface area (Å²) in [6.45, 7) is 1.76. The molecular weight excluding hydrogens is 235 g/mol. The molecule has 0 bridgehead atoms. The molecule has 1 aromatic heterocycles. The summed E-state index contributed by atoms with van der Waals surface area (Å²) in [5, 5.41) is 8.73. The van der Waals surface area contributed by atoms with Gasteiger partial charge in [0, 0.05) is 11.3 Å². The Kier molecular flexibility index (Phi) is 3.32. The second-order valence-electron chi connectivity index (χ2n) is 3.89. The summed E-state index contributed by atoms with van der Waals surface area (Å²) < 4.78 is 12.8. The number of rotatable bonds is 3. The predicted molar refractivity (Wildman–Crippen MR) is 63.5 cm³/mol. The van der Waals surface area contributed by atoms with E-state index < -0.39 is 5.97 Å². The van der Waals surface area contributed by atoms with E-state index in [2.05, 4.69) is 9.97 Å². The average Bonchev–Trinajstić information content (AvgIpc) is 2.28. The van der Waals surface area contributed by atoms with Crippen LogP contribution in [-0.4, -0.2) is 21.0 Å². The lowest BCUT2D eigenvalue weighted by Crippen LogP contribution is -2.06. The van der Waals surface area contributed by atoms with Crippen LogP contribution in [0.2, 0.25) is 0 Å². The van der Waals surface area contributed by atoms with Crippen molar-refractivity contribution >= 4 is 5.97 Å². The SMILES string of the molecule is Cc1cc(-c2ccc(F)cc2)nc(CC(=O)O)n1. The molecule has 0 aliphatic heterocycles. The Balaban J connectivity index is 2.41. The fraction of sp³-hybridized carbons (Fsp3) is 0.154. The number of hydrogen-bond acceptors (Lipinski definition) is 3. The van der Waals surface area contributed by atoms with E-state index in [9.17, 15) is 9.18 Å². The highest BCUT2D eigenvalue weighted by atomic mass is 19.1. The van der Waals surface area contributed by atoms with Crippen LogP contribution in [0.1, 0.15) is 11.5 Å². The van der Waals surface area contributed by atoms with Crippen molar-refractivity contribution in [2.45, 2.75) is 13.3 Å². The number of halogens is 1. The standard InChI is InChI=1S/C13H11FN2O2/c1-8-6-11(9-2-4-10(14)5-3-9)16-12(15-8)7-13(17)18/h2-6H,7H2,1H3,(H,17,18). The third-order valence-electron chi connectivity index (χ3n) is 2.35. The van der Waals surface area contributed by atoms with Gasteiger partial charge in [0.25, 0.3) is 0 Å². The second kappa shape index (κ2) is 4.91. The van der Waals surface area contributed by atoms with Gasteiger partial charge >= 0.3 is 5.97 Å². The van der Waals surface area contributed by atoms with Crippen LogP contribution in [0.4, 0.5) is 4.39 Å². The number of aryl methyl sites for hydroxylation is 1. The molecule has 1 N–H and O–H groups in total. The highest BCUT2D eigenvalue weighted by Gasteiger charge is 2.08. The summed E-state index contributed by atoms with van der Waals surface area (Å²) in [6.07, 6.45) is -0.226. The zero-order chi connectivity index (χ0) is 13.1. The summed E-state index contributed by atoms with van der Waals surface area (Å²) in [4.78, 5) is 18.9. The Labute approximate surface area is 103 Å². The number of carboxylic acid groups (broad SMARTS) is 1. The maximum atomic E-state index is 12.8. The first-order chi connectivity index (χ1) is 8.54. The lowest BCUT2D eigenvalue weighted by atomic mass is 10.1. The van der Waals surface area contributed by atoms with Crippen molar-refractivity contribution in [3.8, 4) is 11.3 Å². The molecule has 0 atom stereocenters. The number of aromatic nitrogens is 2. The van der Waals surface area contributed by atoms with Gasteiger partial charge in [-0.2, -0.15) is 0 Å². The molecule has 0 saturated heterocycles. The van der Waals surface area contributed by atoms with Gasteiger partial charge in [-0.25, -0.2) is 14.4 Å². The molecule has 5 heteroatoms. The van der Waals surface area contributed by atoms with Crippen LogP contribution in [0, 0.1) is 12.7 Å². The minimum atomic E-state index is -0.981. The number of benzene rings is 1. The van der Waals surface area contributed by atoms with Gasteiger partial charge < -0.3 is 5.11 Å². The van der Waals surface area contributed by atoms with Crippen molar-refractivity contribution in [1.29, 1.82) is 0 Å². The van der Waals surface area contributed by atoms with Gasteiger partial charge in [-0.15, -0.1) is 0 Å². The summed E-state index contributed by atoms with van der Waals surface area (Å²) >= 11 is 0. The predicted octanol–water partition coefficient (Wildman–Crippen LogP) is 2.22. The average molecular weight is 246 g/mol. The van der Waals surface area contributed by atoms with Gasteiger partial charge in [-0.05, 0) is 37.3 Å². The van der Waals surface area contributed by atoms with Gasteiger partial charge in [0.05, 0.1) is 5.69 Å². The van der Waals surface area contributed by atoms with Crippen LogP contribution in [0.5, 0.6) is 0 Å². The maximum Gasteiger partial charge on any atom is 0.311 e. The number of aliphatic carboxylic acids is 1. The highest BCUT2D eigenvalue weighted by Crippen LogP contribution is 2.18.